The highest BCUT2D eigenvalue weighted by Gasteiger charge is 2.21. The summed E-state index contributed by atoms with van der Waals surface area (Å²) in [7, 11) is 0. The minimum Gasteiger partial charge on any atom is -0.325 e. The minimum atomic E-state index is -0.402. The summed E-state index contributed by atoms with van der Waals surface area (Å²) in [5.74, 6) is 0.210. The lowest BCUT2D eigenvalue weighted by Crippen LogP contribution is -2.27. The molecule has 3 aromatic rings. The zero-order valence-electron chi connectivity index (χ0n) is 18.2. The molecule has 1 atom stereocenters. The van der Waals surface area contributed by atoms with E-state index >= 15 is 0 Å². The number of anilines is 1. The molecule has 0 spiro atoms. The van der Waals surface area contributed by atoms with E-state index in [1.165, 1.54) is 11.8 Å². The van der Waals surface area contributed by atoms with Crippen molar-refractivity contribution in [2.24, 2.45) is 0 Å². The van der Waals surface area contributed by atoms with Crippen molar-refractivity contribution in [1.29, 1.82) is 0 Å². The second-order valence-electron chi connectivity index (χ2n) is 7.81. The maximum Gasteiger partial charge on any atom is 0.262 e. The number of hydrogen-bond donors (Lipinski definition) is 1. The van der Waals surface area contributed by atoms with Gasteiger partial charge in [0.05, 0.1) is 16.2 Å². The summed E-state index contributed by atoms with van der Waals surface area (Å²) >= 11 is 1.33. The topological polar surface area (TPSA) is 64.0 Å². The summed E-state index contributed by atoms with van der Waals surface area (Å²) < 4.78 is 1.68. The molecule has 1 N–H and O–H groups in total. The predicted molar refractivity (Wildman–Crippen MR) is 126 cm³/mol. The number of para-hydroxylation sites is 2. The molecule has 0 aliphatic rings. The fourth-order valence-corrected chi connectivity index (χ4v) is 4.37. The molecule has 0 radical (unpaired) electrons. The van der Waals surface area contributed by atoms with Crippen LogP contribution in [0.2, 0.25) is 0 Å². The number of carbonyl (C=O) groups excluding carboxylic acids is 1. The molecule has 3 rings (SSSR count). The molecule has 1 heterocycles. The van der Waals surface area contributed by atoms with Gasteiger partial charge in [0.2, 0.25) is 5.91 Å². The molecule has 0 bridgehead atoms. The van der Waals surface area contributed by atoms with E-state index in [0.29, 0.717) is 28.5 Å². The van der Waals surface area contributed by atoms with Crippen molar-refractivity contribution in [3.05, 3.63) is 63.9 Å². The third kappa shape index (κ3) is 4.59. The van der Waals surface area contributed by atoms with Gasteiger partial charge in [0.1, 0.15) is 0 Å². The van der Waals surface area contributed by atoms with E-state index in [2.05, 4.69) is 25.2 Å². The summed E-state index contributed by atoms with van der Waals surface area (Å²) in [5, 5.41) is 3.89. The van der Waals surface area contributed by atoms with E-state index < -0.39 is 5.25 Å². The Morgan fingerprint density at radius 2 is 1.87 bits per heavy atom. The molecule has 158 valence electrons. The van der Waals surface area contributed by atoms with Crippen LogP contribution < -0.4 is 10.9 Å². The molecule has 2 aromatic carbocycles. The Kier molecular flexibility index (Phi) is 6.98. The van der Waals surface area contributed by atoms with Crippen LogP contribution in [0.25, 0.3) is 10.9 Å². The van der Waals surface area contributed by atoms with Crippen molar-refractivity contribution in [3.63, 3.8) is 0 Å². The SMILES string of the molecule is CCCn1c(S[C@@H](C)C(=O)Nc2c(C)cccc2C(C)C)nc2ccccc2c1=O. The Morgan fingerprint density at radius 3 is 2.57 bits per heavy atom. The van der Waals surface area contributed by atoms with Crippen LogP contribution in [-0.2, 0) is 11.3 Å². The fraction of sp³-hybridized carbons (Fsp3) is 0.375. The van der Waals surface area contributed by atoms with Crippen LogP contribution in [0.4, 0.5) is 5.69 Å². The smallest absolute Gasteiger partial charge is 0.262 e. The molecule has 0 aliphatic carbocycles. The van der Waals surface area contributed by atoms with Crippen molar-refractivity contribution in [2.45, 2.75) is 63.9 Å². The van der Waals surface area contributed by atoms with Gasteiger partial charge in [-0.1, -0.05) is 62.9 Å². The van der Waals surface area contributed by atoms with E-state index in [1.54, 1.807) is 10.6 Å². The molecular formula is C24H29N3O2S. The lowest BCUT2D eigenvalue weighted by Gasteiger charge is -2.19. The first-order valence-electron chi connectivity index (χ1n) is 10.4. The fourth-order valence-electron chi connectivity index (χ4n) is 3.44. The van der Waals surface area contributed by atoms with E-state index in [9.17, 15) is 9.59 Å². The average molecular weight is 424 g/mol. The van der Waals surface area contributed by atoms with Crippen LogP contribution in [0.15, 0.2) is 52.4 Å². The Bertz CT molecular complexity index is 1120. The standard InChI is InChI=1S/C24H29N3O2S/c1-6-14-27-23(29)19-11-7-8-13-20(19)25-24(27)30-17(5)22(28)26-21-16(4)10-9-12-18(21)15(2)3/h7-13,15,17H,6,14H2,1-5H3,(H,26,28)/t17-/m0/s1. The van der Waals surface area contributed by atoms with E-state index in [-0.39, 0.29) is 11.5 Å². The van der Waals surface area contributed by atoms with Gasteiger partial charge in [0.15, 0.2) is 5.16 Å². The zero-order chi connectivity index (χ0) is 21.8. The number of thioether (sulfide) groups is 1. The number of rotatable bonds is 7. The highest BCUT2D eigenvalue weighted by Crippen LogP contribution is 2.29. The summed E-state index contributed by atoms with van der Waals surface area (Å²) in [6.07, 6.45) is 0.815. The van der Waals surface area contributed by atoms with E-state index in [0.717, 1.165) is 23.2 Å². The Morgan fingerprint density at radius 1 is 1.13 bits per heavy atom. The monoisotopic (exact) mass is 423 g/mol. The minimum absolute atomic E-state index is 0.0569. The number of hydrogen-bond acceptors (Lipinski definition) is 4. The maximum absolute atomic E-state index is 13.0. The molecule has 5 nitrogen and oxygen atoms in total. The highest BCUT2D eigenvalue weighted by atomic mass is 32.2. The highest BCUT2D eigenvalue weighted by molar-refractivity contribution is 8.00. The second-order valence-corrected chi connectivity index (χ2v) is 9.12. The molecular weight excluding hydrogens is 394 g/mol. The molecule has 1 aromatic heterocycles. The van der Waals surface area contributed by atoms with Crippen LogP contribution in [0.1, 0.15) is 51.2 Å². The largest absolute Gasteiger partial charge is 0.325 e. The summed E-state index contributed by atoms with van der Waals surface area (Å²) in [4.78, 5) is 30.7. The molecule has 0 fully saturated rings. The van der Waals surface area contributed by atoms with Gasteiger partial charge in [-0.3, -0.25) is 14.2 Å². The van der Waals surface area contributed by atoms with Gasteiger partial charge >= 0.3 is 0 Å². The van der Waals surface area contributed by atoms with Crippen molar-refractivity contribution < 1.29 is 4.79 Å². The predicted octanol–water partition coefficient (Wildman–Crippen LogP) is 5.36. The molecule has 1 amide bonds. The molecule has 6 heteroatoms. The second kappa shape index (κ2) is 9.47. The number of aromatic nitrogens is 2. The van der Waals surface area contributed by atoms with Gasteiger partial charge in [-0.2, -0.15) is 0 Å². The van der Waals surface area contributed by atoms with Crippen molar-refractivity contribution in [2.75, 3.05) is 5.32 Å². The molecule has 0 saturated heterocycles. The number of benzene rings is 2. The zero-order valence-corrected chi connectivity index (χ0v) is 19.0. The van der Waals surface area contributed by atoms with Crippen molar-refractivity contribution in [3.8, 4) is 0 Å². The Balaban J connectivity index is 1.90. The third-order valence-corrected chi connectivity index (χ3v) is 6.19. The quantitative estimate of drug-likeness (QED) is 0.411. The maximum atomic E-state index is 13.0. The van der Waals surface area contributed by atoms with E-state index in [1.807, 2.05) is 51.1 Å². The van der Waals surface area contributed by atoms with Crippen LogP contribution in [0.3, 0.4) is 0 Å². The van der Waals surface area contributed by atoms with Crippen LogP contribution in [0, 0.1) is 6.92 Å². The lowest BCUT2D eigenvalue weighted by molar-refractivity contribution is -0.115. The first kappa shape index (κ1) is 22.1. The van der Waals surface area contributed by atoms with Gasteiger partial charge in [-0.05, 0) is 49.4 Å². The Hall–Kier alpha value is -2.60. The van der Waals surface area contributed by atoms with Gasteiger partial charge in [0, 0.05) is 12.2 Å². The Labute approximate surface area is 181 Å². The van der Waals surface area contributed by atoms with Gasteiger partial charge in [0.25, 0.3) is 5.56 Å². The number of aryl methyl sites for hydroxylation is 1. The van der Waals surface area contributed by atoms with Crippen LogP contribution >= 0.6 is 11.8 Å². The van der Waals surface area contributed by atoms with Crippen molar-refractivity contribution in [1.82, 2.24) is 9.55 Å². The molecule has 0 aliphatic heterocycles. The van der Waals surface area contributed by atoms with Crippen LogP contribution in [-0.4, -0.2) is 20.7 Å². The summed E-state index contributed by atoms with van der Waals surface area (Å²) in [6.45, 7) is 10.7. The third-order valence-electron chi connectivity index (χ3n) is 5.10. The molecule has 0 saturated carbocycles. The first-order chi connectivity index (χ1) is 14.3. The molecule has 30 heavy (non-hydrogen) atoms. The summed E-state index contributed by atoms with van der Waals surface area (Å²) in [5.41, 5.74) is 3.64. The molecule has 0 unspecified atom stereocenters. The van der Waals surface area contributed by atoms with Crippen molar-refractivity contribution >= 4 is 34.3 Å². The summed E-state index contributed by atoms with van der Waals surface area (Å²) in [6, 6.07) is 13.4. The number of carbonyl (C=O) groups is 1. The number of nitrogens with zero attached hydrogens (tertiary/aromatic N) is 2. The number of fused-ring (bicyclic) bond motifs is 1. The average Bonchev–Trinajstić information content (AvgIpc) is 2.72. The number of amides is 1. The van der Waals surface area contributed by atoms with Gasteiger partial charge < -0.3 is 5.32 Å². The number of nitrogens with one attached hydrogen (secondary N) is 1. The normalized spacial score (nSPS) is 12.3. The first-order valence-corrected chi connectivity index (χ1v) is 11.3. The van der Waals surface area contributed by atoms with Gasteiger partial charge in [-0.25, -0.2) is 4.98 Å². The van der Waals surface area contributed by atoms with Gasteiger partial charge in [-0.15, -0.1) is 0 Å². The van der Waals surface area contributed by atoms with Crippen LogP contribution in [0.5, 0.6) is 0 Å². The van der Waals surface area contributed by atoms with E-state index in [4.69, 9.17) is 4.98 Å². The lowest BCUT2D eigenvalue weighted by atomic mass is 9.98.